The molecule has 23 heavy (non-hydrogen) atoms. The highest BCUT2D eigenvalue weighted by Crippen LogP contribution is 2.36. The number of sulfonamides is 1. The van der Waals surface area contributed by atoms with E-state index in [9.17, 15) is 12.8 Å². The highest BCUT2D eigenvalue weighted by atomic mass is 35.5. The summed E-state index contributed by atoms with van der Waals surface area (Å²) in [7, 11) is -0.368. The SMILES string of the molecule is CN(C1CCCc2c1cnn2C)S(=O)(=O)c1ccc(F)c(Cl)c1. The highest BCUT2D eigenvalue weighted by molar-refractivity contribution is 7.89. The van der Waals surface area contributed by atoms with Gasteiger partial charge in [-0.2, -0.15) is 9.40 Å². The second kappa shape index (κ2) is 5.89. The highest BCUT2D eigenvalue weighted by Gasteiger charge is 2.33. The number of aryl methyl sites for hydroxylation is 1. The molecule has 0 aliphatic heterocycles. The molecule has 2 aromatic rings. The van der Waals surface area contributed by atoms with Gasteiger partial charge in [0.15, 0.2) is 0 Å². The molecule has 0 N–H and O–H groups in total. The molecular formula is C15H17ClFN3O2S. The van der Waals surface area contributed by atoms with E-state index in [4.69, 9.17) is 11.6 Å². The number of rotatable bonds is 3. The molecule has 1 unspecified atom stereocenters. The lowest BCUT2D eigenvalue weighted by Gasteiger charge is -2.30. The van der Waals surface area contributed by atoms with Crippen LogP contribution in [0.3, 0.4) is 0 Å². The van der Waals surface area contributed by atoms with E-state index in [-0.39, 0.29) is 16.0 Å². The largest absolute Gasteiger partial charge is 0.272 e. The van der Waals surface area contributed by atoms with Crippen LogP contribution in [-0.4, -0.2) is 29.6 Å². The molecule has 0 amide bonds. The summed E-state index contributed by atoms with van der Waals surface area (Å²) in [6.45, 7) is 0. The predicted molar refractivity (Wildman–Crippen MR) is 85.2 cm³/mol. The minimum absolute atomic E-state index is 0.0117. The molecule has 1 aromatic heterocycles. The van der Waals surface area contributed by atoms with Crippen molar-refractivity contribution in [2.45, 2.75) is 30.2 Å². The van der Waals surface area contributed by atoms with Crippen molar-refractivity contribution in [3.8, 4) is 0 Å². The first-order valence-electron chi connectivity index (χ1n) is 7.26. The number of aromatic nitrogens is 2. The molecule has 1 aliphatic carbocycles. The Morgan fingerprint density at radius 2 is 2.17 bits per heavy atom. The van der Waals surface area contributed by atoms with Gasteiger partial charge >= 0.3 is 0 Å². The van der Waals surface area contributed by atoms with Gasteiger partial charge in [0.2, 0.25) is 10.0 Å². The van der Waals surface area contributed by atoms with Crippen LogP contribution in [0.1, 0.15) is 30.1 Å². The standard InChI is InChI=1S/C15H17ClFN3O2S/c1-19-14-4-3-5-15(11(14)9-18-19)20(2)23(21,22)10-6-7-13(17)12(16)8-10/h6-9,15H,3-5H2,1-2H3. The molecule has 0 bridgehead atoms. The van der Waals surface area contributed by atoms with Crippen LogP contribution >= 0.6 is 11.6 Å². The number of hydrogen-bond acceptors (Lipinski definition) is 3. The number of hydrogen-bond donors (Lipinski definition) is 0. The summed E-state index contributed by atoms with van der Waals surface area (Å²) in [6, 6.07) is 3.18. The van der Waals surface area contributed by atoms with Crippen molar-refractivity contribution >= 4 is 21.6 Å². The third-order valence-corrected chi connectivity index (χ3v) is 6.50. The smallest absolute Gasteiger partial charge is 0.243 e. The zero-order valence-corrected chi connectivity index (χ0v) is 14.4. The fourth-order valence-electron chi connectivity index (χ4n) is 3.03. The van der Waals surface area contributed by atoms with Gasteiger partial charge in [-0.05, 0) is 37.5 Å². The monoisotopic (exact) mass is 357 g/mol. The molecule has 1 aromatic carbocycles. The Balaban J connectivity index is 1.99. The lowest BCUT2D eigenvalue weighted by Crippen LogP contribution is -2.33. The van der Waals surface area contributed by atoms with E-state index in [0.29, 0.717) is 0 Å². The number of fused-ring (bicyclic) bond motifs is 1. The molecule has 1 heterocycles. The van der Waals surface area contributed by atoms with Gasteiger partial charge < -0.3 is 0 Å². The molecule has 1 aliphatic rings. The molecular weight excluding hydrogens is 341 g/mol. The third-order valence-electron chi connectivity index (χ3n) is 4.35. The third kappa shape index (κ3) is 2.77. The fourth-order valence-corrected chi connectivity index (χ4v) is 4.67. The van der Waals surface area contributed by atoms with Gasteiger partial charge in [-0.25, -0.2) is 12.8 Å². The Hall–Kier alpha value is -1.44. The normalized spacial score (nSPS) is 18.2. The predicted octanol–water partition coefficient (Wildman–Crippen LogP) is 2.91. The van der Waals surface area contributed by atoms with Gasteiger partial charge in [-0.1, -0.05) is 11.6 Å². The van der Waals surface area contributed by atoms with Gasteiger partial charge in [0.25, 0.3) is 0 Å². The van der Waals surface area contributed by atoms with Crippen LogP contribution in [0.4, 0.5) is 4.39 Å². The van der Waals surface area contributed by atoms with Crippen LogP contribution < -0.4 is 0 Å². The van der Waals surface area contributed by atoms with Crippen LogP contribution in [0.15, 0.2) is 29.3 Å². The average Bonchev–Trinajstić information content (AvgIpc) is 2.90. The summed E-state index contributed by atoms with van der Waals surface area (Å²) in [6.07, 6.45) is 4.23. The first-order valence-corrected chi connectivity index (χ1v) is 9.08. The summed E-state index contributed by atoms with van der Waals surface area (Å²) in [5.41, 5.74) is 1.98. The average molecular weight is 358 g/mol. The molecule has 5 nitrogen and oxygen atoms in total. The lowest BCUT2D eigenvalue weighted by atomic mass is 9.93. The number of halogens is 2. The van der Waals surface area contributed by atoms with Gasteiger partial charge in [0.05, 0.1) is 22.2 Å². The maximum absolute atomic E-state index is 13.3. The summed E-state index contributed by atoms with van der Waals surface area (Å²) >= 11 is 5.72. The van der Waals surface area contributed by atoms with Gasteiger partial charge in [-0.3, -0.25) is 4.68 Å². The van der Waals surface area contributed by atoms with Crippen LogP contribution in [0.2, 0.25) is 5.02 Å². The Morgan fingerprint density at radius 1 is 1.43 bits per heavy atom. The van der Waals surface area contributed by atoms with Crippen molar-refractivity contribution in [1.29, 1.82) is 0 Å². The first kappa shape index (κ1) is 16.4. The molecule has 8 heteroatoms. The van der Waals surface area contributed by atoms with Crippen LogP contribution in [0.25, 0.3) is 0 Å². The zero-order chi connectivity index (χ0) is 16.8. The van der Waals surface area contributed by atoms with Gasteiger partial charge in [-0.15, -0.1) is 0 Å². The van der Waals surface area contributed by atoms with E-state index in [0.717, 1.165) is 42.7 Å². The van der Waals surface area contributed by atoms with Crippen LogP contribution in [-0.2, 0) is 23.5 Å². The minimum Gasteiger partial charge on any atom is -0.272 e. The summed E-state index contributed by atoms with van der Waals surface area (Å²) in [4.78, 5) is -0.0117. The topological polar surface area (TPSA) is 55.2 Å². The summed E-state index contributed by atoms with van der Waals surface area (Å²) in [5.74, 6) is -0.638. The van der Waals surface area contributed by atoms with Gasteiger partial charge in [0, 0.05) is 25.4 Å². The molecule has 0 fully saturated rings. The van der Waals surface area contributed by atoms with E-state index in [1.807, 2.05) is 7.05 Å². The number of benzene rings is 1. The maximum atomic E-state index is 13.3. The zero-order valence-electron chi connectivity index (χ0n) is 12.8. The van der Waals surface area contributed by atoms with Crippen molar-refractivity contribution in [3.05, 3.63) is 46.5 Å². The molecule has 124 valence electrons. The lowest BCUT2D eigenvalue weighted by molar-refractivity contribution is 0.335. The Kier molecular flexibility index (Phi) is 4.20. The molecule has 3 rings (SSSR count). The maximum Gasteiger partial charge on any atom is 0.243 e. The Bertz CT molecular complexity index is 850. The van der Waals surface area contributed by atoms with Crippen molar-refractivity contribution in [2.75, 3.05) is 7.05 Å². The molecule has 0 radical (unpaired) electrons. The molecule has 0 saturated carbocycles. The van der Waals surface area contributed by atoms with Crippen molar-refractivity contribution in [2.24, 2.45) is 7.05 Å². The van der Waals surface area contributed by atoms with Crippen LogP contribution in [0, 0.1) is 5.82 Å². The van der Waals surface area contributed by atoms with E-state index >= 15 is 0 Å². The van der Waals surface area contributed by atoms with E-state index in [2.05, 4.69) is 5.10 Å². The quantitative estimate of drug-likeness (QED) is 0.848. The van der Waals surface area contributed by atoms with E-state index in [1.54, 1.807) is 17.9 Å². The van der Waals surface area contributed by atoms with Crippen molar-refractivity contribution in [1.82, 2.24) is 14.1 Å². The number of nitrogens with zero attached hydrogens (tertiary/aromatic N) is 3. The van der Waals surface area contributed by atoms with E-state index in [1.165, 1.54) is 10.4 Å². The van der Waals surface area contributed by atoms with Crippen molar-refractivity contribution < 1.29 is 12.8 Å². The van der Waals surface area contributed by atoms with E-state index < -0.39 is 15.8 Å². The summed E-state index contributed by atoms with van der Waals surface area (Å²) in [5, 5.41) is 4.03. The minimum atomic E-state index is -3.77. The molecule has 0 saturated heterocycles. The van der Waals surface area contributed by atoms with Gasteiger partial charge in [0.1, 0.15) is 5.82 Å². The molecule has 0 spiro atoms. The first-order chi connectivity index (χ1) is 10.8. The Labute approximate surface area is 139 Å². The molecule has 1 atom stereocenters. The second-order valence-corrected chi connectivity index (χ2v) is 8.08. The second-order valence-electron chi connectivity index (χ2n) is 5.68. The Morgan fingerprint density at radius 3 is 2.87 bits per heavy atom. The summed E-state index contributed by atoms with van der Waals surface area (Å²) < 4.78 is 42.1. The fraction of sp³-hybridized carbons (Fsp3) is 0.400. The van der Waals surface area contributed by atoms with Crippen LogP contribution in [0.5, 0.6) is 0 Å². The van der Waals surface area contributed by atoms with Crippen molar-refractivity contribution in [3.63, 3.8) is 0 Å².